The average molecular weight is 425 g/mol. The number of nitrogens with one attached hydrogen (secondary N) is 1. The molecular weight excluding hydrogens is 395 g/mol. The number of imidazole rings is 1. The van der Waals surface area contributed by atoms with E-state index in [1.54, 1.807) is 18.2 Å². The number of nitrogens with two attached hydrogens (primary N) is 2. The highest BCUT2D eigenvalue weighted by atomic mass is 19.1. The second-order valence-electron chi connectivity index (χ2n) is 8.71. The predicted octanol–water partition coefficient (Wildman–Crippen LogP) is 3.77. The van der Waals surface area contributed by atoms with Gasteiger partial charge in [-0.1, -0.05) is 25.0 Å². The van der Waals surface area contributed by atoms with Gasteiger partial charge in [-0.25, -0.2) is 15.2 Å². The third-order valence-corrected chi connectivity index (χ3v) is 6.57. The third kappa shape index (κ3) is 3.95. The zero-order chi connectivity index (χ0) is 21.4. The molecular formula is C22H29FN8. The lowest BCUT2D eigenvalue weighted by molar-refractivity contribution is 0.410. The molecule has 8 nitrogen and oxygen atoms in total. The first-order chi connectivity index (χ1) is 15.1. The summed E-state index contributed by atoms with van der Waals surface area (Å²) in [4.78, 5) is 14.1. The molecule has 0 spiro atoms. The summed E-state index contributed by atoms with van der Waals surface area (Å²) in [7, 11) is 0. The molecule has 0 amide bonds. The maximum atomic E-state index is 14.5. The van der Waals surface area contributed by atoms with Gasteiger partial charge in [0.25, 0.3) is 0 Å². The summed E-state index contributed by atoms with van der Waals surface area (Å²) in [5.74, 6) is 6.85. The van der Waals surface area contributed by atoms with E-state index in [0.717, 1.165) is 44.2 Å². The fourth-order valence-electron chi connectivity index (χ4n) is 4.79. The fraction of sp³-hybridized carbons (Fsp3) is 0.500. The number of nitrogens with zero attached hydrogens (tertiary/aromatic N) is 5. The van der Waals surface area contributed by atoms with Gasteiger partial charge in [-0.3, -0.25) is 5.01 Å². The van der Waals surface area contributed by atoms with Crippen LogP contribution in [0.1, 0.15) is 57.4 Å². The average Bonchev–Trinajstić information content (AvgIpc) is 3.44. The SMILES string of the molecule is NC1CCC(Nc2nc(N(N)c3ccccc3F)c3ncn(C4CCCC4)c3n2)CC1. The zero-order valence-corrected chi connectivity index (χ0v) is 17.5. The van der Waals surface area contributed by atoms with Gasteiger partial charge in [0.2, 0.25) is 5.95 Å². The predicted molar refractivity (Wildman–Crippen MR) is 119 cm³/mol. The van der Waals surface area contributed by atoms with Crippen LogP contribution in [0.15, 0.2) is 30.6 Å². The van der Waals surface area contributed by atoms with Gasteiger partial charge in [0.15, 0.2) is 17.0 Å². The Bertz CT molecular complexity index is 1050. The van der Waals surface area contributed by atoms with E-state index in [0.29, 0.717) is 23.3 Å². The maximum Gasteiger partial charge on any atom is 0.227 e. The summed E-state index contributed by atoms with van der Waals surface area (Å²) < 4.78 is 16.6. The van der Waals surface area contributed by atoms with Crippen LogP contribution < -0.4 is 21.9 Å². The van der Waals surface area contributed by atoms with Crippen molar-refractivity contribution in [3.8, 4) is 0 Å². The van der Waals surface area contributed by atoms with Gasteiger partial charge in [-0.15, -0.1) is 0 Å². The molecule has 5 rings (SSSR count). The number of fused-ring (bicyclic) bond motifs is 1. The third-order valence-electron chi connectivity index (χ3n) is 6.57. The minimum atomic E-state index is -0.414. The highest BCUT2D eigenvalue weighted by molar-refractivity contribution is 5.87. The number of para-hydroxylation sites is 1. The Morgan fingerprint density at radius 3 is 2.52 bits per heavy atom. The van der Waals surface area contributed by atoms with Crippen molar-refractivity contribution in [3.63, 3.8) is 0 Å². The fourth-order valence-corrected chi connectivity index (χ4v) is 4.79. The minimum absolute atomic E-state index is 0.243. The summed E-state index contributed by atoms with van der Waals surface area (Å²) in [6, 6.07) is 7.29. The molecule has 2 aliphatic rings. The lowest BCUT2D eigenvalue weighted by Crippen LogP contribution is -2.33. The van der Waals surface area contributed by atoms with Crippen molar-refractivity contribution in [3.05, 3.63) is 36.4 Å². The van der Waals surface area contributed by atoms with E-state index in [1.807, 2.05) is 6.33 Å². The summed E-state index contributed by atoms with van der Waals surface area (Å²) in [6.45, 7) is 0. The molecule has 164 valence electrons. The molecule has 0 saturated heterocycles. The van der Waals surface area contributed by atoms with E-state index in [2.05, 4.69) is 19.9 Å². The normalized spacial score (nSPS) is 22.2. The molecule has 5 N–H and O–H groups in total. The molecule has 2 heterocycles. The van der Waals surface area contributed by atoms with Crippen molar-refractivity contribution in [1.29, 1.82) is 0 Å². The van der Waals surface area contributed by atoms with Crippen molar-refractivity contribution in [2.45, 2.75) is 69.5 Å². The van der Waals surface area contributed by atoms with Gasteiger partial charge in [-0.2, -0.15) is 9.97 Å². The van der Waals surface area contributed by atoms with Crippen LogP contribution in [0.5, 0.6) is 0 Å². The van der Waals surface area contributed by atoms with Crippen LogP contribution in [0, 0.1) is 5.82 Å². The second kappa shape index (κ2) is 8.39. The summed E-state index contributed by atoms with van der Waals surface area (Å²) >= 11 is 0. The Balaban J connectivity index is 1.56. The van der Waals surface area contributed by atoms with Crippen molar-refractivity contribution in [2.24, 2.45) is 11.6 Å². The van der Waals surface area contributed by atoms with E-state index >= 15 is 0 Å². The van der Waals surface area contributed by atoms with Crippen LogP contribution in [-0.4, -0.2) is 31.6 Å². The monoisotopic (exact) mass is 424 g/mol. The summed E-state index contributed by atoms with van der Waals surface area (Å²) in [5, 5.41) is 4.74. The largest absolute Gasteiger partial charge is 0.351 e. The smallest absolute Gasteiger partial charge is 0.227 e. The topological polar surface area (TPSA) is 111 Å². The van der Waals surface area contributed by atoms with Gasteiger partial charge >= 0.3 is 0 Å². The van der Waals surface area contributed by atoms with Crippen LogP contribution in [0.2, 0.25) is 0 Å². The Morgan fingerprint density at radius 2 is 1.77 bits per heavy atom. The van der Waals surface area contributed by atoms with Gasteiger partial charge in [0.05, 0.1) is 12.0 Å². The molecule has 0 unspecified atom stereocenters. The lowest BCUT2D eigenvalue weighted by atomic mass is 9.92. The molecule has 2 fully saturated rings. The number of hydrogen-bond acceptors (Lipinski definition) is 7. The first kappa shape index (κ1) is 20.1. The van der Waals surface area contributed by atoms with Gasteiger partial charge < -0.3 is 15.6 Å². The summed E-state index contributed by atoms with van der Waals surface area (Å²) in [6.07, 6.45) is 10.3. The second-order valence-corrected chi connectivity index (χ2v) is 8.71. The van der Waals surface area contributed by atoms with Crippen LogP contribution in [-0.2, 0) is 0 Å². The van der Waals surface area contributed by atoms with Crippen LogP contribution >= 0.6 is 0 Å². The van der Waals surface area contributed by atoms with Gasteiger partial charge in [0.1, 0.15) is 5.82 Å². The molecule has 3 aromatic rings. The Hall–Kier alpha value is -2.78. The number of hydrogen-bond donors (Lipinski definition) is 3. The molecule has 2 saturated carbocycles. The van der Waals surface area contributed by atoms with Gasteiger partial charge in [0, 0.05) is 18.1 Å². The molecule has 31 heavy (non-hydrogen) atoms. The lowest BCUT2D eigenvalue weighted by Gasteiger charge is -2.27. The number of rotatable bonds is 5. The van der Waals surface area contributed by atoms with Gasteiger partial charge in [-0.05, 0) is 50.7 Å². The quantitative estimate of drug-likeness (QED) is 0.422. The Morgan fingerprint density at radius 1 is 1.03 bits per heavy atom. The van der Waals surface area contributed by atoms with E-state index in [9.17, 15) is 4.39 Å². The standard InChI is InChI=1S/C22H29FN8/c23-17-7-3-4-8-18(17)31(25)21-19-20(30(13-26-19)16-5-1-2-6-16)28-22(29-21)27-15-11-9-14(24)10-12-15/h3-4,7-8,13-16H,1-2,5-6,9-12,24-25H2,(H,27,28,29). The number of anilines is 3. The Labute approximate surface area is 180 Å². The first-order valence-electron chi connectivity index (χ1n) is 11.2. The Kier molecular flexibility index (Phi) is 5.45. The van der Waals surface area contributed by atoms with Crippen molar-refractivity contribution in [1.82, 2.24) is 19.5 Å². The highest BCUT2D eigenvalue weighted by Gasteiger charge is 2.25. The number of halogens is 1. The van der Waals surface area contributed by atoms with Crippen LogP contribution in [0.25, 0.3) is 11.2 Å². The van der Waals surface area contributed by atoms with E-state index in [1.165, 1.54) is 23.9 Å². The molecule has 0 radical (unpaired) electrons. The molecule has 0 bridgehead atoms. The van der Waals surface area contributed by atoms with E-state index in [-0.39, 0.29) is 17.8 Å². The highest BCUT2D eigenvalue weighted by Crippen LogP contribution is 2.35. The van der Waals surface area contributed by atoms with Crippen molar-refractivity contribution < 1.29 is 4.39 Å². The molecule has 2 aromatic heterocycles. The van der Waals surface area contributed by atoms with Crippen molar-refractivity contribution in [2.75, 3.05) is 10.3 Å². The molecule has 1 aromatic carbocycles. The maximum absolute atomic E-state index is 14.5. The number of benzene rings is 1. The molecule has 0 aliphatic heterocycles. The van der Waals surface area contributed by atoms with E-state index in [4.69, 9.17) is 16.6 Å². The zero-order valence-electron chi connectivity index (χ0n) is 17.5. The van der Waals surface area contributed by atoms with Crippen LogP contribution in [0.3, 0.4) is 0 Å². The molecule has 9 heteroatoms. The summed E-state index contributed by atoms with van der Waals surface area (Å²) in [5.41, 5.74) is 7.61. The minimum Gasteiger partial charge on any atom is -0.351 e. The van der Waals surface area contributed by atoms with Crippen molar-refractivity contribution >= 4 is 28.6 Å². The molecule has 2 aliphatic carbocycles. The van der Waals surface area contributed by atoms with Crippen LogP contribution in [0.4, 0.5) is 21.8 Å². The number of hydrazine groups is 1. The van der Waals surface area contributed by atoms with E-state index < -0.39 is 5.82 Å². The first-order valence-corrected chi connectivity index (χ1v) is 11.2. The number of aromatic nitrogens is 4. The molecule has 0 atom stereocenters.